The normalized spacial score (nSPS) is 14.5. The van der Waals surface area contributed by atoms with Gasteiger partial charge in [0.1, 0.15) is 23.2 Å². The Hall–Kier alpha value is -4.24. The van der Waals surface area contributed by atoms with Gasteiger partial charge in [-0.1, -0.05) is 51.8 Å². The molecule has 1 aromatic heterocycles. The van der Waals surface area contributed by atoms with Crippen molar-refractivity contribution in [3.8, 4) is 0 Å². The molecule has 3 aromatic carbocycles. The third kappa shape index (κ3) is 4.84. The number of hydrogen-bond acceptors (Lipinski definition) is 4. The Morgan fingerprint density at radius 2 is 1.74 bits per heavy atom. The van der Waals surface area contributed by atoms with Gasteiger partial charge < -0.3 is 16.0 Å². The van der Waals surface area contributed by atoms with Gasteiger partial charge in [0.25, 0.3) is 11.8 Å². The average molecular weight is 574 g/mol. The summed E-state index contributed by atoms with van der Waals surface area (Å²) in [5.41, 5.74) is 4.54. The monoisotopic (exact) mass is 573 g/mol. The predicted octanol–water partition coefficient (Wildman–Crippen LogP) is 6.58. The summed E-state index contributed by atoms with van der Waals surface area (Å²) < 4.78 is 17.4. The number of benzene rings is 3. The highest BCUT2D eigenvalue weighted by atomic mass is 79.9. The van der Waals surface area contributed by atoms with Crippen LogP contribution >= 0.6 is 15.9 Å². The summed E-state index contributed by atoms with van der Waals surface area (Å²) in [6.45, 7) is 5.63. The van der Waals surface area contributed by atoms with Gasteiger partial charge in [0.05, 0.1) is 11.8 Å². The second-order valence-electron chi connectivity index (χ2n) is 9.18. The van der Waals surface area contributed by atoms with E-state index >= 15 is 4.39 Å². The zero-order valence-corrected chi connectivity index (χ0v) is 22.6. The van der Waals surface area contributed by atoms with E-state index in [1.54, 1.807) is 31.2 Å². The van der Waals surface area contributed by atoms with E-state index in [0.717, 1.165) is 11.1 Å². The molecule has 3 N–H and O–H groups in total. The third-order valence-electron chi connectivity index (χ3n) is 6.43. The topological polar surface area (TPSA) is 88.0 Å². The van der Waals surface area contributed by atoms with Gasteiger partial charge in [0, 0.05) is 27.1 Å². The molecule has 1 atom stereocenters. The van der Waals surface area contributed by atoms with E-state index in [9.17, 15) is 9.59 Å². The number of amides is 2. The SMILES string of the molecule is CC1=C(C(=O)Nc2ccc(C)cc2C)[C@H](c2cc(Br)ccc2F)n2ncc(C(=O)Nc3ccccc3)c2N1. The summed E-state index contributed by atoms with van der Waals surface area (Å²) in [5, 5.41) is 13.4. The van der Waals surface area contributed by atoms with Gasteiger partial charge in [-0.15, -0.1) is 0 Å². The number of nitrogens with one attached hydrogen (secondary N) is 3. The molecule has 9 heteroatoms. The second-order valence-corrected chi connectivity index (χ2v) is 10.1. The molecular weight excluding hydrogens is 549 g/mol. The first kappa shape index (κ1) is 25.4. The molecule has 0 unspecified atom stereocenters. The number of carbonyl (C=O) groups is 2. The Morgan fingerprint density at radius 1 is 0.974 bits per heavy atom. The number of para-hydroxylation sites is 1. The molecule has 0 radical (unpaired) electrons. The molecule has 0 saturated heterocycles. The lowest BCUT2D eigenvalue weighted by Gasteiger charge is -2.30. The van der Waals surface area contributed by atoms with Crippen molar-refractivity contribution >= 4 is 44.9 Å². The molecule has 5 rings (SSSR count). The molecule has 38 heavy (non-hydrogen) atoms. The highest BCUT2D eigenvalue weighted by molar-refractivity contribution is 9.10. The van der Waals surface area contributed by atoms with Gasteiger partial charge in [0.15, 0.2) is 0 Å². The highest BCUT2D eigenvalue weighted by Gasteiger charge is 2.37. The number of aromatic nitrogens is 2. The Kier molecular flexibility index (Phi) is 6.86. The standard InChI is InChI=1S/C29H25BrFN5O2/c1-16-9-12-24(17(2)13-16)35-29(38)25-18(3)33-27-22(28(37)34-20-7-5-4-6-8-20)15-32-36(27)26(25)21-14-19(30)10-11-23(21)31/h4-15,26,33H,1-3H3,(H,34,37)(H,35,38)/t26-/m0/s1. The first-order chi connectivity index (χ1) is 18.2. The van der Waals surface area contributed by atoms with Crippen molar-refractivity contribution in [2.45, 2.75) is 26.8 Å². The lowest BCUT2D eigenvalue weighted by Crippen LogP contribution is -2.32. The molecule has 1 aliphatic rings. The summed E-state index contributed by atoms with van der Waals surface area (Å²) >= 11 is 3.42. The predicted molar refractivity (Wildman–Crippen MR) is 150 cm³/mol. The Balaban J connectivity index is 1.58. The lowest BCUT2D eigenvalue weighted by atomic mass is 9.94. The number of rotatable bonds is 5. The number of halogens is 2. The number of hydrogen-bond donors (Lipinski definition) is 3. The van der Waals surface area contributed by atoms with Crippen molar-refractivity contribution in [1.82, 2.24) is 9.78 Å². The van der Waals surface area contributed by atoms with Crippen molar-refractivity contribution in [3.05, 3.63) is 117 Å². The van der Waals surface area contributed by atoms with Crippen molar-refractivity contribution < 1.29 is 14.0 Å². The fraction of sp³-hybridized carbons (Fsp3) is 0.138. The van der Waals surface area contributed by atoms with Gasteiger partial charge in [-0.05, 0) is 62.7 Å². The minimum atomic E-state index is -0.923. The van der Waals surface area contributed by atoms with Crippen LogP contribution in [0.25, 0.3) is 0 Å². The molecular formula is C29H25BrFN5O2. The van der Waals surface area contributed by atoms with Crippen LogP contribution in [0.4, 0.5) is 21.6 Å². The van der Waals surface area contributed by atoms with Gasteiger partial charge in [-0.2, -0.15) is 5.10 Å². The van der Waals surface area contributed by atoms with E-state index < -0.39 is 17.8 Å². The maximum Gasteiger partial charge on any atom is 0.261 e. The highest BCUT2D eigenvalue weighted by Crippen LogP contribution is 2.39. The van der Waals surface area contributed by atoms with Crippen molar-refractivity contribution in [3.63, 3.8) is 0 Å². The van der Waals surface area contributed by atoms with E-state index in [1.807, 2.05) is 50.2 Å². The summed E-state index contributed by atoms with van der Waals surface area (Å²) in [4.78, 5) is 26.9. The molecule has 7 nitrogen and oxygen atoms in total. The maximum atomic E-state index is 15.3. The number of carbonyl (C=O) groups excluding carboxylic acids is 2. The molecule has 0 saturated carbocycles. The van der Waals surface area contributed by atoms with Crippen LogP contribution < -0.4 is 16.0 Å². The first-order valence-electron chi connectivity index (χ1n) is 12.0. The zero-order chi connectivity index (χ0) is 27.0. The third-order valence-corrected chi connectivity index (χ3v) is 6.92. The first-order valence-corrected chi connectivity index (χ1v) is 12.8. The Labute approximate surface area is 227 Å². The van der Waals surface area contributed by atoms with E-state index in [1.165, 1.54) is 16.9 Å². The Morgan fingerprint density at radius 3 is 2.47 bits per heavy atom. The van der Waals surface area contributed by atoms with Crippen LogP contribution in [0, 0.1) is 19.7 Å². The van der Waals surface area contributed by atoms with Crippen LogP contribution in [-0.4, -0.2) is 21.6 Å². The summed E-state index contributed by atoms with van der Waals surface area (Å²) in [6.07, 6.45) is 1.42. The van der Waals surface area contributed by atoms with Crippen LogP contribution in [-0.2, 0) is 4.79 Å². The fourth-order valence-corrected chi connectivity index (χ4v) is 4.97. The van der Waals surface area contributed by atoms with Gasteiger partial charge in [0.2, 0.25) is 0 Å². The van der Waals surface area contributed by atoms with Crippen molar-refractivity contribution in [2.24, 2.45) is 0 Å². The van der Waals surface area contributed by atoms with Gasteiger partial charge in [-0.3, -0.25) is 9.59 Å². The average Bonchev–Trinajstić information content (AvgIpc) is 3.30. The number of allylic oxidation sites excluding steroid dienone is 1. The number of fused-ring (bicyclic) bond motifs is 1. The van der Waals surface area contributed by atoms with E-state index in [-0.39, 0.29) is 22.6 Å². The van der Waals surface area contributed by atoms with Crippen LogP contribution in [0.2, 0.25) is 0 Å². The quantitative estimate of drug-likeness (QED) is 0.251. The zero-order valence-electron chi connectivity index (χ0n) is 21.0. The number of nitrogens with zero attached hydrogens (tertiary/aromatic N) is 2. The fourth-order valence-electron chi connectivity index (χ4n) is 4.59. The van der Waals surface area contributed by atoms with Gasteiger partial charge in [-0.25, -0.2) is 9.07 Å². The minimum absolute atomic E-state index is 0.241. The largest absolute Gasteiger partial charge is 0.343 e. The molecule has 0 fully saturated rings. The van der Waals surface area contributed by atoms with E-state index in [2.05, 4.69) is 37.0 Å². The molecule has 0 bridgehead atoms. The van der Waals surface area contributed by atoms with Crippen molar-refractivity contribution in [2.75, 3.05) is 16.0 Å². The number of anilines is 3. The Bertz CT molecular complexity index is 1600. The van der Waals surface area contributed by atoms with Crippen molar-refractivity contribution in [1.29, 1.82) is 0 Å². The maximum absolute atomic E-state index is 15.3. The lowest BCUT2D eigenvalue weighted by molar-refractivity contribution is -0.113. The van der Waals surface area contributed by atoms with Crippen LogP contribution in [0.5, 0.6) is 0 Å². The second kappa shape index (κ2) is 10.3. The molecule has 192 valence electrons. The number of aryl methyl sites for hydroxylation is 2. The summed E-state index contributed by atoms with van der Waals surface area (Å²) in [7, 11) is 0. The molecule has 4 aromatic rings. The summed E-state index contributed by atoms with van der Waals surface area (Å²) in [5.74, 6) is -0.915. The van der Waals surface area contributed by atoms with Crippen LogP contribution in [0.3, 0.4) is 0 Å². The summed E-state index contributed by atoms with van der Waals surface area (Å²) in [6, 6.07) is 18.4. The molecule has 2 amide bonds. The molecule has 2 heterocycles. The smallest absolute Gasteiger partial charge is 0.261 e. The van der Waals surface area contributed by atoms with Crippen LogP contribution in [0.1, 0.15) is 40.0 Å². The van der Waals surface area contributed by atoms with E-state index in [0.29, 0.717) is 27.4 Å². The molecule has 1 aliphatic heterocycles. The van der Waals surface area contributed by atoms with E-state index in [4.69, 9.17) is 0 Å². The molecule has 0 aliphatic carbocycles. The molecule has 0 spiro atoms. The van der Waals surface area contributed by atoms with Crippen LogP contribution in [0.15, 0.2) is 88.7 Å². The van der Waals surface area contributed by atoms with Gasteiger partial charge >= 0.3 is 0 Å². The minimum Gasteiger partial charge on any atom is -0.343 e.